The summed E-state index contributed by atoms with van der Waals surface area (Å²) in [5.74, 6) is 0. The summed E-state index contributed by atoms with van der Waals surface area (Å²) in [4.78, 5) is 19.2. The van der Waals surface area contributed by atoms with E-state index in [1.54, 1.807) is 4.90 Å². The lowest BCUT2D eigenvalue weighted by Gasteiger charge is -2.30. The molecular formula is C25H36BrN5O3Si. The Kier molecular flexibility index (Phi) is 7.18. The minimum atomic E-state index is -1.14. The molecule has 0 fully saturated rings. The molecule has 3 aromatic heterocycles. The van der Waals surface area contributed by atoms with Crippen LogP contribution in [0.3, 0.4) is 0 Å². The average molecular weight is 563 g/mol. The van der Waals surface area contributed by atoms with Crippen molar-refractivity contribution < 1.29 is 14.3 Å². The van der Waals surface area contributed by atoms with Gasteiger partial charge in [-0.25, -0.2) is 9.78 Å². The highest BCUT2D eigenvalue weighted by Gasteiger charge is 2.30. The van der Waals surface area contributed by atoms with E-state index in [4.69, 9.17) is 14.6 Å². The minimum Gasteiger partial charge on any atom is -0.444 e. The van der Waals surface area contributed by atoms with Gasteiger partial charge in [0.2, 0.25) is 0 Å². The smallest absolute Gasteiger partial charge is 0.410 e. The highest BCUT2D eigenvalue weighted by atomic mass is 79.9. The number of aromatic nitrogens is 4. The number of carbonyl (C=O) groups excluding carboxylic acids is 1. The molecule has 1 aliphatic rings. The van der Waals surface area contributed by atoms with Crippen LogP contribution in [-0.4, -0.2) is 57.2 Å². The van der Waals surface area contributed by atoms with Crippen molar-refractivity contribution in [2.24, 2.45) is 0 Å². The van der Waals surface area contributed by atoms with Crippen molar-refractivity contribution in [1.82, 2.24) is 24.2 Å². The van der Waals surface area contributed by atoms with E-state index in [-0.39, 0.29) is 6.09 Å². The summed E-state index contributed by atoms with van der Waals surface area (Å²) in [5.41, 5.74) is 4.51. The van der Waals surface area contributed by atoms with Crippen molar-refractivity contribution in [3.8, 4) is 11.1 Å². The second-order valence-electron chi connectivity index (χ2n) is 11.4. The number of nitrogens with zero attached hydrogens (tertiary/aromatic N) is 5. The van der Waals surface area contributed by atoms with Gasteiger partial charge in [0.05, 0.1) is 18.8 Å². The summed E-state index contributed by atoms with van der Waals surface area (Å²) >= 11 is 3.69. The largest absolute Gasteiger partial charge is 0.444 e. The summed E-state index contributed by atoms with van der Waals surface area (Å²) in [5, 5.41) is 5.81. The topological polar surface area (TPSA) is 74.4 Å². The number of halogens is 1. The molecule has 8 nitrogen and oxygen atoms in total. The van der Waals surface area contributed by atoms with Gasteiger partial charge in [0.1, 0.15) is 22.6 Å². The van der Waals surface area contributed by atoms with E-state index in [1.807, 2.05) is 37.7 Å². The summed E-state index contributed by atoms with van der Waals surface area (Å²) in [6.07, 6.45) is 3.64. The quantitative estimate of drug-likeness (QED) is 0.271. The van der Waals surface area contributed by atoms with Gasteiger partial charge in [0.25, 0.3) is 0 Å². The molecule has 0 spiro atoms. The van der Waals surface area contributed by atoms with Crippen LogP contribution in [0.4, 0.5) is 4.79 Å². The average Bonchev–Trinajstić information content (AvgIpc) is 3.24. The first-order valence-electron chi connectivity index (χ1n) is 12.1. The van der Waals surface area contributed by atoms with Gasteiger partial charge in [-0.15, -0.1) is 0 Å². The molecule has 1 amide bonds. The summed E-state index contributed by atoms with van der Waals surface area (Å²) in [6.45, 7) is 17.7. The van der Waals surface area contributed by atoms with Crippen LogP contribution in [0.2, 0.25) is 25.7 Å². The Bertz CT molecular complexity index is 1240. The van der Waals surface area contributed by atoms with Gasteiger partial charge in [-0.2, -0.15) is 5.10 Å². The molecular weight excluding hydrogens is 526 g/mol. The van der Waals surface area contributed by atoms with Crippen LogP contribution >= 0.6 is 15.9 Å². The molecule has 0 unspecified atom stereocenters. The molecule has 0 bridgehead atoms. The lowest BCUT2D eigenvalue weighted by Crippen LogP contribution is -2.41. The fraction of sp³-hybridized carbons (Fsp3) is 0.560. The molecule has 0 saturated carbocycles. The number of carbonyl (C=O) groups is 1. The second kappa shape index (κ2) is 9.70. The van der Waals surface area contributed by atoms with Crippen LogP contribution in [0.1, 0.15) is 32.0 Å². The standard InChI is InChI=1S/C25H36BrN5O3Si/c1-17-14-30(16-33-12-13-35(5,6)7)23-20(17)18(8-9-27-23)21-19-15-29(24(32)34-25(2,3)4)10-11-31(19)28-22(21)26/h8-9,14H,10-13,15-16H2,1-7H3. The molecule has 0 atom stereocenters. The predicted octanol–water partition coefficient (Wildman–Crippen LogP) is 6.03. The van der Waals surface area contributed by atoms with Crippen LogP contribution in [-0.2, 0) is 29.3 Å². The number of hydrogen-bond acceptors (Lipinski definition) is 5. The maximum Gasteiger partial charge on any atom is 0.410 e. The highest BCUT2D eigenvalue weighted by Crippen LogP contribution is 2.39. The van der Waals surface area contributed by atoms with E-state index in [0.29, 0.717) is 26.4 Å². The Morgan fingerprint density at radius 3 is 2.66 bits per heavy atom. The number of aryl methyl sites for hydroxylation is 1. The van der Waals surface area contributed by atoms with Gasteiger partial charge in [-0.05, 0) is 66.9 Å². The maximum atomic E-state index is 12.8. The summed E-state index contributed by atoms with van der Waals surface area (Å²) < 4.78 is 16.5. The lowest BCUT2D eigenvalue weighted by molar-refractivity contribution is 0.0195. The zero-order valence-electron chi connectivity index (χ0n) is 21.8. The first-order valence-corrected chi connectivity index (χ1v) is 16.6. The lowest BCUT2D eigenvalue weighted by atomic mass is 10.0. The van der Waals surface area contributed by atoms with E-state index < -0.39 is 13.7 Å². The van der Waals surface area contributed by atoms with E-state index in [0.717, 1.165) is 50.7 Å². The minimum absolute atomic E-state index is 0.301. The molecule has 3 aromatic rings. The zero-order chi connectivity index (χ0) is 25.5. The van der Waals surface area contributed by atoms with Crippen molar-refractivity contribution >= 4 is 41.1 Å². The monoisotopic (exact) mass is 561 g/mol. The van der Waals surface area contributed by atoms with Gasteiger partial charge < -0.3 is 18.9 Å². The molecule has 35 heavy (non-hydrogen) atoms. The number of ether oxygens (including phenoxy) is 2. The molecule has 0 aromatic carbocycles. The highest BCUT2D eigenvalue weighted by molar-refractivity contribution is 9.10. The maximum absolute atomic E-state index is 12.8. The Morgan fingerprint density at radius 1 is 1.23 bits per heavy atom. The van der Waals surface area contributed by atoms with Crippen molar-refractivity contribution in [3.05, 3.63) is 34.3 Å². The van der Waals surface area contributed by atoms with Crippen LogP contribution in [0.15, 0.2) is 23.1 Å². The van der Waals surface area contributed by atoms with Crippen molar-refractivity contribution in [1.29, 1.82) is 0 Å². The SMILES string of the molecule is Cc1cn(COCC[Si](C)(C)C)c2nccc(-c3c(Br)nn4c3CN(C(=O)OC(C)(C)C)CC4)c12. The molecule has 190 valence electrons. The van der Waals surface area contributed by atoms with Crippen molar-refractivity contribution in [3.63, 3.8) is 0 Å². The van der Waals surface area contributed by atoms with Crippen molar-refractivity contribution in [2.45, 2.75) is 78.8 Å². The third kappa shape index (κ3) is 5.81. The van der Waals surface area contributed by atoms with Crippen LogP contribution < -0.4 is 0 Å². The molecule has 10 heteroatoms. The van der Waals surface area contributed by atoms with Gasteiger partial charge in [-0.3, -0.25) is 4.68 Å². The molecule has 0 aliphatic carbocycles. The fourth-order valence-corrected chi connectivity index (χ4v) is 5.69. The van der Waals surface area contributed by atoms with E-state index in [1.165, 1.54) is 0 Å². The second-order valence-corrected chi connectivity index (χ2v) is 17.8. The number of hydrogen-bond donors (Lipinski definition) is 0. The third-order valence-electron chi connectivity index (χ3n) is 6.03. The van der Waals surface area contributed by atoms with E-state index >= 15 is 0 Å². The van der Waals surface area contributed by atoms with E-state index in [9.17, 15) is 4.79 Å². The Balaban J connectivity index is 1.65. The zero-order valence-corrected chi connectivity index (χ0v) is 24.4. The van der Waals surface area contributed by atoms with Gasteiger partial charge >= 0.3 is 6.09 Å². The molecule has 4 heterocycles. The summed E-state index contributed by atoms with van der Waals surface area (Å²) in [6, 6.07) is 3.16. The molecule has 0 N–H and O–H groups in total. The van der Waals surface area contributed by atoms with Crippen LogP contribution in [0, 0.1) is 6.92 Å². The number of fused-ring (bicyclic) bond motifs is 2. The van der Waals surface area contributed by atoms with Crippen LogP contribution in [0.5, 0.6) is 0 Å². The number of rotatable bonds is 6. The third-order valence-corrected chi connectivity index (χ3v) is 8.29. The Labute approximate surface area is 216 Å². The summed E-state index contributed by atoms with van der Waals surface area (Å²) in [7, 11) is -1.14. The van der Waals surface area contributed by atoms with Gasteiger partial charge in [0, 0.05) is 44.6 Å². The van der Waals surface area contributed by atoms with Gasteiger partial charge in [-0.1, -0.05) is 19.6 Å². The molecule has 0 radical (unpaired) electrons. The number of pyridine rings is 1. The molecule has 4 rings (SSSR count). The fourth-order valence-electron chi connectivity index (χ4n) is 4.30. The van der Waals surface area contributed by atoms with E-state index in [2.05, 4.69) is 58.2 Å². The van der Waals surface area contributed by atoms with Crippen LogP contribution in [0.25, 0.3) is 22.2 Å². The van der Waals surface area contributed by atoms with Gasteiger partial charge in [0.15, 0.2) is 0 Å². The first-order chi connectivity index (χ1) is 16.3. The first kappa shape index (κ1) is 25.9. The Morgan fingerprint density at radius 2 is 1.97 bits per heavy atom. The number of amides is 1. The molecule has 1 aliphatic heterocycles. The van der Waals surface area contributed by atoms with Crippen molar-refractivity contribution in [2.75, 3.05) is 13.2 Å². The Hall–Kier alpha value is -2.17. The predicted molar refractivity (Wildman–Crippen MR) is 144 cm³/mol. The normalized spacial score (nSPS) is 14.5. The molecule has 0 saturated heterocycles.